The van der Waals surface area contributed by atoms with Gasteiger partial charge in [-0.15, -0.1) is 0 Å². The SMILES string of the molecule is Nc1cc(Cl)cc(Nc2nc3cnc(NC4CCCC4)nc3n2C2CCNC2)c1. The molecule has 5 N–H and O–H groups in total. The largest absolute Gasteiger partial charge is 0.399 e. The van der Waals surface area contributed by atoms with Crippen LogP contribution < -0.4 is 21.7 Å². The highest BCUT2D eigenvalue weighted by Gasteiger charge is 2.25. The molecular formula is C20H25ClN8. The van der Waals surface area contributed by atoms with E-state index in [9.17, 15) is 0 Å². The second-order valence-electron chi connectivity index (χ2n) is 7.88. The summed E-state index contributed by atoms with van der Waals surface area (Å²) >= 11 is 6.18. The molecule has 0 amide bonds. The van der Waals surface area contributed by atoms with E-state index in [1.165, 1.54) is 25.7 Å². The fourth-order valence-corrected chi connectivity index (χ4v) is 4.56. The van der Waals surface area contributed by atoms with E-state index < -0.39 is 0 Å². The van der Waals surface area contributed by atoms with E-state index >= 15 is 0 Å². The third-order valence-electron chi connectivity index (χ3n) is 5.70. The molecule has 0 radical (unpaired) electrons. The van der Waals surface area contributed by atoms with Crippen LogP contribution >= 0.6 is 11.6 Å². The number of rotatable bonds is 5. The van der Waals surface area contributed by atoms with Gasteiger partial charge in [0.1, 0.15) is 5.52 Å². The Morgan fingerprint density at radius 2 is 2.00 bits per heavy atom. The van der Waals surface area contributed by atoms with Crippen LogP contribution in [0.5, 0.6) is 0 Å². The number of nitrogens with two attached hydrogens (primary N) is 1. The van der Waals surface area contributed by atoms with Crippen LogP contribution in [0, 0.1) is 0 Å². The summed E-state index contributed by atoms with van der Waals surface area (Å²) in [6, 6.07) is 6.15. The zero-order valence-electron chi connectivity index (χ0n) is 16.2. The number of anilines is 4. The molecule has 5 rings (SSSR count). The lowest BCUT2D eigenvalue weighted by molar-refractivity contribution is 0.564. The lowest BCUT2D eigenvalue weighted by Crippen LogP contribution is -2.18. The fraction of sp³-hybridized carbons (Fsp3) is 0.450. The van der Waals surface area contributed by atoms with Crippen molar-refractivity contribution >= 4 is 46.0 Å². The van der Waals surface area contributed by atoms with Gasteiger partial charge in [-0.3, -0.25) is 4.57 Å². The van der Waals surface area contributed by atoms with Crippen LogP contribution in [-0.2, 0) is 0 Å². The van der Waals surface area contributed by atoms with Crippen LogP contribution in [-0.4, -0.2) is 38.7 Å². The molecule has 3 heterocycles. The minimum Gasteiger partial charge on any atom is -0.399 e. The summed E-state index contributed by atoms with van der Waals surface area (Å²) in [5.74, 6) is 1.40. The van der Waals surface area contributed by atoms with Crippen molar-refractivity contribution < 1.29 is 0 Å². The average Bonchev–Trinajstić information content (AvgIpc) is 3.41. The Morgan fingerprint density at radius 1 is 1.14 bits per heavy atom. The molecule has 3 aromatic rings. The van der Waals surface area contributed by atoms with Gasteiger partial charge in [0.2, 0.25) is 11.9 Å². The quantitative estimate of drug-likeness (QED) is 0.473. The molecule has 152 valence electrons. The lowest BCUT2D eigenvalue weighted by Gasteiger charge is -2.17. The van der Waals surface area contributed by atoms with E-state index in [4.69, 9.17) is 27.3 Å². The number of fused-ring (bicyclic) bond motifs is 1. The molecule has 29 heavy (non-hydrogen) atoms. The highest BCUT2D eigenvalue weighted by Crippen LogP contribution is 2.31. The molecule has 1 unspecified atom stereocenters. The van der Waals surface area contributed by atoms with E-state index in [0.717, 1.165) is 42.3 Å². The van der Waals surface area contributed by atoms with Gasteiger partial charge in [-0.25, -0.2) is 9.97 Å². The number of nitrogens with zero attached hydrogens (tertiary/aromatic N) is 4. The van der Waals surface area contributed by atoms with Crippen molar-refractivity contribution in [3.8, 4) is 0 Å². The van der Waals surface area contributed by atoms with Crippen molar-refractivity contribution in [2.75, 3.05) is 29.5 Å². The van der Waals surface area contributed by atoms with Crippen LogP contribution in [0.15, 0.2) is 24.4 Å². The van der Waals surface area contributed by atoms with Crippen LogP contribution in [0.1, 0.15) is 38.1 Å². The molecule has 1 aliphatic carbocycles. The predicted molar refractivity (Wildman–Crippen MR) is 117 cm³/mol. The Morgan fingerprint density at radius 3 is 2.76 bits per heavy atom. The zero-order valence-corrected chi connectivity index (χ0v) is 16.9. The van der Waals surface area contributed by atoms with E-state index in [1.807, 2.05) is 12.1 Å². The Bertz CT molecular complexity index is 1000. The number of benzene rings is 1. The maximum absolute atomic E-state index is 6.18. The predicted octanol–water partition coefficient (Wildman–Crippen LogP) is 3.69. The maximum Gasteiger partial charge on any atom is 0.224 e. The third-order valence-corrected chi connectivity index (χ3v) is 5.92. The Labute approximate surface area is 174 Å². The van der Waals surface area contributed by atoms with Gasteiger partial charge in [0.25, 0.3) is 0 Å². The Balaban J connectivity index is 1.54. The summed E-state index contributed by atoms with van der Waals surface area (Å²) in [7, 11) is 0. The number of hydrogen-bond acceptors (Lipinski definition) is 7. The molecule has 2 aromatic heterocycles. The summed E-state index contributed by atoms with van der Waals surface area (Å²) in [4.78, 5) is 14.1. The summed E-state index contributed by atoms with van der Waals surface area (Å²) in [5.41, 5.74) is 8.97. The van der Waals surface area contributed by atoms with Crippen molar-refractivity contribution in [3.63, 3.8) is 0 Å². The zero-order chi connectivity index (χ0) is 19.8. The maximum atomic E-state index is 6.18. The summed E-state index contributed by atoms with van der Waals surface area (Å²) in [5, 5.41) is 10.9. The summed E-state index contributed by atoms with van der Waals surface area (Å²) < 4.78 is 2.17. The Kier molecular flexibility index (Phi) is 4.89. The van der Waals surface area contributed by atoms with Gasteiger partial charge in [0.15, 0.2) is 5.65 Å². The molecule has 1 saturated heterocycles. The number of hydrogen-bond donors (Lipinski definition) is 4. The van der Waals surface area contributed by atoms with Gasteiger partial charge in [0, 0.05) is 29.0 Å². The normalized spacial score (nSPS) is 19.8. The fourth-order valence-electron chi connectivity index (χ4n) is 4.32. The molecule has 1 atom stereocenters. The van der Waals surface area contributed by atoms with Crippen LogP contribution in [0.4, 0.5) is 23.3 Å². The van der Waals surface area contributed by atoms with Crippen molar-refractivity contribution in [2.45, 2.75) is 44.2 Å². The number of aromatic nitrogens is 4. The molecule has 0 spiro atoms. The smallest absolute Gasteiger partial charge is 0.224 e. The van der Waals surface area contributed by atoms with Crippen molar-refractivity contribution in [3.05, 3.63) is 29.4 Å². The number of nitrogen functional groups attached to an aromatic ring is 1. The first-order chi connectivity index (χ1) is 14.2. The van der Waals surface area contributed by atoms with Gasteiger partial charge >= 0.3 is 0 Å². The van der Waals surface area contributed by atoms with Gasteiger partial charge in [-0.1, -0.05) is 24.4 Å². The van der Waals surface area contributed by atoms with Gasteiger partial charge < -0.3 is 21.7 Å². The third kappa shape index (κ3) is 3.82. The van der Waals surface area contributed by atoms with E-state index in [2.05, 4.69) is 25.5 Å². The van der Waals surface area contributed by atoms with Gasteiger partial charge in [-0.05, 0) is 44.0 Å². The highest BCUT2D eigenvalue weighted by atomic mass is 35.5. The second kappa shape index (κ2) is 7.68. The number of halogens is 1. The van der Waals surface area contributed by atoms with E-state index in [0.29, 0.717) is 22.7 Å². The first-order valence-corrected chi connectivity index (χ1v) is 10.6. The second-order valence-corrected chi connectivity index (χ2v) is 8.31. The van der Waals surface area contributed by atoms with Crippen LogP contribution in [0.2, 0.25) is 5.02 Å². The van der Waals surface area contributed by atoms with Crippen molar-refractivity contribution in [1.29, 1.82) is 0 Å². The van der Waals surface area contributed by atoms with Crippen molar-refractivity contribution in [1.82, 2.24) is 24.8 Å². The van der Waals surface area contributed by atoms with Crippen molar-refractivity contribution in [2.24, 2.45) is 0 Å². The standard InChI is InChI=1S/C20H25ClN8/c21-12-7-13(22)9-15(8-12)26-20-27-17-11-24-19(25-14-3-1-2-4-14)28-18(17)29(20)16-5-6-23-10-16/h7-9,11,14,16,23H,1-6,10,22H2,(H,26,27)(H,24,25,28). The molecule has 1 saturated carbocycles. The van der Waals surface area contributed by atoms with E-state index in [-0.39, 0.29) is 6.04 Å². The lowest BCUT2D eigenvalue weighted by atomic mass is 10.2. The highest BCUT2D eigenvalue weighted by molar-refractivity contribution is 6.31. The first kappa shape index (κ1) is 18.4. The molecule has 0 bridgehead atoms. The summed E-state index contributed by atoms with van der Waals surface area (Å²) in [6.07, 6.45) is 7.71. The molecular weight excluding hydrogens is 388 g/mol. The number of nitrogens with one attached hydrogen (secondary N) is 3. The van der Waals surface area contributed by atoms with Crippen LogP contribution in [0.25, 0.3) is 11.2 Å². The summed E-state index contributed by atoms with van der Waals surface area (Å²) in [6.45, 7) is 1.86. The molecule has 1 aliphatic heterocycles. The molecule has 2 aliphatic rings. The minimum atomic E-state index is 0.272. The minimum absolute atomic E-state index is 0.272. The first-order valence-electron chi connectivity index (χ1n) is 10.2. The van der Waals surface area contributed by atoms with Gasteiger partial charge in [0.05, 0.1) is 12.2 Å². The monoisotopic (exact) mass is 412 g/mol. The molecule has 8 nitrogen and oxygen atoms in total. The van der Waals surface area contributed by atoms with Crippen LogP contribution in [0.3, 0.4) is 0 Å². The number of imidazole rings is 1. The molecule has 9 heteroatoms. The Hall–Kier alpha value is -2.58. The van der Waals surface area contributed by atoms with E-state index in [1.54, 1.807) is 12.3 Å². The topological polar surface area (TPSA) is 106 Å². The molecule has 1 aromatic carbocycles. The molecule has 2 fully saturated rings. The average molecular weight is 413 g/mol. The van der Waals surface area contributed by atoms with Gasteiger partial charge in [-0.2, -0.15) is 4.98 Å².